The molecule has 2 heterocycles. The Kier molecular flexibility index (Phi) is 4.93. The molecule has 116 valence electrons. The molecular formula is C14H23N5O2. The Labute approximate surface area is 124 Å². The van der Waals surface area contributed by atoms with Crippen molar-refractivity contribution < 1.29 is 9.59 Å². The maximum atomic E-state index is 12.2. The number of nitrogens with zero attached hydrogens (tertiary/aromatic N) is 4. The Morgan fingerprint density at radius 3 is 2.76 bits per heavy atom. The fourth-order valence-electron chi connectivity index (χ4n) is 2.68. The minimum absolute atomic E-state index is 0.0236. The lowest BCUT2D eigenvalue weighted by atomic mass is 9.97. The summed E-state index contributed by atoms with van der Waals surface area (Å²) in [6.07, 6.45) is 1.73. The van der Waals surface area contributed by atoms with Crippen molar-refractivity contribution in [2.45, 2.75) is 40.2 Å². The minimum Gasteiger partial charge on any atom is -0.354 e. The number of carbonyl (C=O) groups excluding carboxylic acids is 2. The molecule has 0 spiro atoms. The quantitative estimate of drug-likeness (QED) is 0.864. The normalized spacial score (nSPS) is 18.6. The maximum Gasteiger partial charge on any atom is 0.224 e. The van der Waals surface area contributed by atoms with Gasteiger partial charge in [-0.05, 0) is 26.7 Å². The Morgan fingerprint density at radius 2 is 2.14 bits per heavy atom. The number of hydrogen-bond donors (Lipinski definition) is 1. The van der Waals surface area contributed by atoms with Gasteiger partial charge in [-0.3, -0.25) is 9.59 Å². The molecule has 2 amide bonds. The van der Waals surface area contributed by atoms with E-state index in [0.29, 0.717) is 19.6 Å². The van der Waals surface area contributed by atoms with Crippen LogP contribution in [-0.4, -0.2) is 51.1 Å². The van der Waals surface area contributed by atoms with Crippen molar-refractivity contribution in [3.63, 3.8) is 0 Å². The van der Waals surface area contributed by atoms with Crippen molar-refractivity contribution in [3.05, 3.63) is 11.6 Å². The molecule has 0 radical (unpaired) electrons. The molecule has 1 N–H and O–H groups in total. The van der Waals surface area contributed by atoms with Crippen LogP contribution in [0, 0.1) is 19.8 Å². The average Bonchev–Trinajstić information content (AvgIpc) is 2.77. The van der Waals surface area contributed by atoms with Crippen LogP contribution in [-0.2, 0) is 16.1 Å². The van der Waals surface area contributed by atoms with Crippen LogP contribution in [0.1, 0.15) is 31.4 Å². The predicted molar refractivity (Wildman–Crippen MR) is 77.5 cm³/mol. The molecule has 1 aliphatic heterocycles. The molecular weight excluding hydrogens is 270 g/mol. The molecule has 0 saturated carbocycles. The first-order valence-electron chi connectivity index (χ1n) is 7.38. The molecule has 2 rings (SSSR count). The fraction of sp³-hybridized carbons (Fsp3) is 0.714. The van der Waals surface area contributed by atoms with Gasteiger partial charge in [-0.25, -0.2) is 9.67 Å². The van der Waals surface area contributed by atoms with E-state index in [0.717, 1.165) is 31.0 Å². The van der Waals surface area contributed by atoms with E-state index in [-0.39, 0.29) is 17.7 Å². The summed E-state index contributed by atoms with van der Waals surface area (Å²) in [5, 5.41) is 7.19. The van der Waals surface area contributed by atoms with Crippen LogP contribution < -0.4 is 5.32 Å². The van der Waals surface area contributed by atoms with Gasteiger partial charge in [-0.2, -0.15) is 5.10 Å². The molecule has 1 aromatic heterocycles. The van der Waals surface area contributed by atoms with Gasteiger partial charge >= 0.3 is 0 Å². The summed E-state index contributed by atoms with van der Waals surface area (Å²) in [4.78, 5) is 29.5. The van der Waals surface area contributed by atoms with Crippen LogP contribution in [0.3, 0.4) is 0 Å². The van der Waals surface area contributed by atoms with Crippen molar-refractivity contribution in [1.29, 1.82) is 0 Å². The van der Waals surface area contributed by atoms with Crippen LogP contribution in [0.4, 0.5) is 0 Å². The number of carbonyl (C=O) groups is 2. The number of aromatic nitrogens is 3. The lowest BCUT2D eigenvalue weighted by molar-refractivity contribution is -0.133. The summed E-state index contributed by atoms with van der Waals surface area (Å²) in [6, 6.07) is 0. The van der Waals surface area contributed by atoms with Crippen molar-refractivity contribution in [1.82, 2.24) is 25.0 Å². The van der Waals surface area contributed by atoms with Gasteiger partial charge in [0.05, 0.1) is 12.5 Å². The second kappa shape index (κ2) is 6.69. The van der Waals surface area contributed by atoms with E-state index in [4.69, 9.17) is 0 Å². The second-order valence-corrected chi connectivity index (χ2v) is 5.52. The van der Waals surface area contributed by atoms with Gasteiger partial charge in [-0.1, -0.05) is 0 Å². The maximum absolute atomic E-state index is 12.2. The molecule has 0 aromatic carbocycles. The van der Waals surface area contributed by atoms with Crippen molar-refractivity contribution in [3.8, 4) is 0 Å². The summed E-state index contributed by atoms with van der Waals surface area (Å²) >= 11 is 0. The predicted octanol–water partition coefficient (Wildman–Crippen LogP) is 0.270. The number of hydrogen-bond acceptors (Lipinski definition) is 4. The lowest BCUT2D eigenvalue weighted by Gasteiger charge is -2.31. The van der Waals surface area contributed by atoms with Crippen molar-refractivity contribution in [2.24, 2.45) is 5.92 Å². The van der Waals surface area contributed by atoms with E-state index in [1.165, 1.54) is 0 Å². The Hall–Kier alpha value is -1.92. The zero-order valence-corrected chi connectivity index (χ0v) is 12.9. The van der Waals surface area contributed by atoms with Crippen LogP contribution >= 0.6 is 0 Å². The first-order valence-corrected chi connectivity index (χ1v) is 7.38. The van der Waals surface area contributed by atoms with Gasteiger partial charge in [0.15, 0.2) is 0 Å². The molecule has 1 aliphatic rings. The van der Waals surface area contributed by atoms with Gasteiger partial charge in [0.25, 0.3) is 0 Å². The molecule has 21 heavy (non-hydrogen) atoms. The summed E-state index contributed by atoms with van der Waals surface area (Å²) in [6.45, 7) is 7.73. The smallest absolute Gasteiger partial charge is 0.224 e. The zero-order chi connectivity index (χ0) is 15.4. The molecule has 7 heteroatoms. The number of likely N-dealkylation sites (tertiary alicyclic amines) is 1. The average molecular weight is 293 g/mol. The highest BCUT2D eigenvalue weighted by atomic mass is 16.2. The van der Waals surface area contributed by atoms with E-state index in [1.54, 1.807) is 16.5 Å². The molecule has 7 nitrogen and oxygen atoms in total. The van der Waals surface area contributed by atoms with Crippen molar-refractivity contribution >= 4 is 11.8 Å². The van der Waals surface area contributed by atoms with E-state index < -0.39 is 0 Å². The molecule has 1 fully saturated rings. The van der Waals surface area contributed by atoms with Crippen LogP contribution in [0.2, 0.25) is 0 Å². The van der Waals surface area contributed by atoms with E-state index >= 15 is 0 Å². The first-order chi connectivity index (χ1) is 9.97. The zero-order valence-electron chi connectivity index (χ0n) is 12.9. The Bertz CT molecular complexity index is 525. The van der Waals surface area contributed by atoms with E-state index in [1.807, 2.05) is 13.8 Å². The van der Waals surface area contributed by atoms with Gasteiger partial charge in [0.2, 0.25) is 11.8 Å². The third-order valence-corrected chi connectivity index (χ3v) is 3.82. The molecule has 1 aromatic rings. The Morgan fingerprint density at radius 1 is 1.38 bits per heavy atom. The van der Waals surface area contributed by atoms with Gasteiger partial charge in [-0.15, -0.1) is 0 Å². The van der Waals surface area contributed by atoms with Gasteiger partial charge in [0.1, 0.15) is 11.6 Å². The highest BCUT2D eigenvalue weighted by Crippen LogP contribution is 2.16. The van der Waals surface area contributed by atoms with Crippen LogP contribution in [0.25, 0.3) is 0 Å². The number of piperidine rings is 1. The monoisotopic (exact) mass is 293 g/mol. The molecule has 0 bridgehead atoms. The second-order valence-electron chi connectivity index (χ2n) is 5.52. The number of nitrogens with one attached hydrogen (secondary N) is 1. The summed E-state index contributed by atoms with van der Waals surface area (Å²) in [5.41, 5.74) is 0. The highest BCUT2D eigenvalue weighted by molar-refractivity contribution is 5.80. The van der Waals surface area contributed by atoms with Crippen molar-refractivity contribution in [2.75, 3.05) is 19.6 Å². The molecule has 1 saturated heterocycles. The number of rotatable bonds is 4. The third-order valence-electron chi connectivity index (χ3n) is 3.82. The molecule has 1 atom stereocenters. The Balaban J connectivity index is 1.79. The van der Waals surface area contributed by atoms with Crippen LogP contribution in [0.5, 0.6) is 0 Å². The number of amides is 2. The fourth-order valence-corrected chi connectivity index (χ4v) is 2.68. The van der Waals surface area contributed by atoms with Crippen LogP contribution in [0.15, 0.2) is 0 Å². The molecule has 0 unspecified atom stereocenters. The largest absolute Gasteiger partial charge is 0.354 e. The van der Waals surface area contributed by atoms with E-state index in [2.05, 4.69) is 15.4 Å². The summed E-state index contributed by atoms with van der Waals surface area (Å²) < 4.78 is 1.79. The SMILES string of the molecule is CC(=O)N1CCC[C@H](C(=O)NCCn2nc(C)nc2C)C1. The van der Waals surface area contributed by atoms with Gasteiger partial charge in [0, 0.05) is 26.6 Å². The first kappa shape index (κ1) is 15.5. The minimum atomic E-state index is -0.0961. The topological polar surface area (TPSA) is 80.1 Å². The van der Waals surface area contributed by atoms with Gasteiger partial charge < -0.3 is 10.2 Å². The summed E-state index contributed by atoms with van der Waals surface area (Å²) in [7, 11) is 0. The standard InChI is InChI=1S/C14H23N5O2/c1-10-16-11(2)19(17-10)8-6-15-14(21)13-5-4-7-18(9-13)12(3)20/h13H,4-9H2,1-3H3,(H,15,21)/t13-/m0/s1. The summed E-state index contributed by atoms with van der Waals surface area (Å²) in [5.74, 6) is 1.56. The third kappa shape index (κ3) is 4.03. The van der Waals surface area contributed by atoms with E-state index in [9.17, 15) is 9.59 Å². The lowest BCUT2D eigenvalue weighted by Crippen LogP contribution is -2.45. The number of aryl methyl sites for hydroxylation is 2. The highest BCUT2D eigenvalue weighted by Gasteiger charge is 2.26. The molecule has 0 aliphatic carbocycles.